The maximum atomic E-state index is 12.5. The Hall–Kier alpha value is -2.41. The van der Waals surface area contributed by atoms with E-state index in [1.807, 2.05) is 26.2 Å². The summed E-state index contributed by atoms with van der Waals surface area (Å²) < 4.78 is 11.8. The molecule has 1 amide bonds. The van der Waals surface area contributed by atoms with Crippen molar-refractivity contribution in [3.05, 3.63) is 34.6 Å². The minimum Gasteiger partial charge on any atom is -0.496 e. The van der Waals surface area contributed by atoms with Gasteiger partial charge in [-0.1, -0.05) is 0 Å². The maximum absolute atomic E-state index is 12.5. The summed E-state index contributed by atoms with van der Waals surface area (Å²) in [7, 11) is 1.61. The Morgan fingerprint density at radius 3 is 2.77 bits per heavy atom. The topological polar surface area (TPSA) is 88.8 Å². The number of carboxylic acids is 1. The van der Waals surface area contributed by atoms with Gasteiger partial charge >= 0.3 is 5.97 Å². The van der Waals surface area contributed by atoms with Crippen LogP contribution in [0, 0.1) is 6.92 Å². The van der Waals surface area contributed by atoms with Gasteiger partial charge in [-0.05, 0) is 63.2 Å². The number of nitrogens with one attached hydrogen (secondary N) is 1. The van der Waals surface area contributed by atoms with Crippen molar-refractivity contribution in [2.24, 2.45) is 0 Å². The normalized spacial score (nSPS) is 15.0. The second-order valence-corrected chi connectivity index (χ2v) is 8.66. The minimum absolute atomic E-state index is 0.380. The van der Waals surface area contributed by atoms with Crippen molar-refractivity contribution in [2.45, 2.75) is 52.0 Å². The number of ether oxygens (including phenoxy) is 1. The number of hydrogen-bond acceptors (Lipinski definition) is 5. The van der Waals surface area contributed by atoms with E-state index >= 15 is 0 Å². The third-order valence-electron chi connectivity index (χ3n) is 5.63. The van der Waals surface area contributed by atoms with Crippen molar-refractivity contribution < 1.29 is 23.8 Å². The Balaban J connectivity index is 1.96. The largest absolute Gasteiger partial charge is 0.496 e. The molecule has 6 nitrogen and oxygen atoms in total. The van der Waals surface area contributed by atoms with Crippen LogP contribution in [0.5, 0.6) is 5.75 Å². The summed E-state index contributed by atoms with van der Waals surface area (Å²) in [5, 5.41) is 13.0. The molecule has 0 saturated carbocycles. The van der Waals surface area contributed by atoms with Gasteiger partial charge in [0.2, 0.25) is 5.91 Å². The zero-order valence-corrected chi connectivity index (χ0v) is 18.8. The number of amides is 1. The number of benzene rings is 1. The van der Waals surface area contributed by atoms with Crippen molar-refractivity contribution in [1.82, 2.24) is 5.32 Å². The molecule has 1 aromatic heterocycles. The Bertz CT molecular complexity index is 991. The number of carboxylic acid groups (broad SMARTS) is 1. The second kappa shape index (κ2) is 9.60. The van der Waals surface area contributed by atoms with Crippen LogP contribution >= 0.6 is 11.8 Å². The minimum atomic E-state index is -1.02. The highest BCUT2D eigenvalue weighted by molar-refractivity contribution is 7.98. The standard InChI is InChI=1S/C23H29NO5S/c1-13(11-20(25)24-18(23(26)27)9-10-30-4)16-12-17-15-7-5-6-8-19(15)29-22(17)14(2)21(16)28-3/h11-12,18H,5-10H2,1-4H3,(H,24,25)(H,26,27)/b13-11+. The Kier molecular flexibility index (Phi) is 7.13. The average Bonchev–Trinajstić information content (AvgIpc) is 3.09. The maximum Gasteiger partial charge on any atom is 0.326 e. The molecule has 1 heterocycles. The fourth-order valence-corrected chi connectivity index (χ4v) is 4.54. The van der Waals surface area contributed by atoms with Gasteiger partial charge in [0, 0.05) is 34.6 Å². The molecule has 2 N–H and O–H groups in total. The molecule has 3 rings (SSSR count). The summed E-state index contributed by atoms with van der Waals surface area (Å²) in [5.74, 6) is 0.941. The zero-order valence-electron chi connectivity index (χ0n) is 18.0. The number of allylic oxidation sites excluding steroid dienone is 1. The van der Waals surface area contributed by atoms with Crippen LogP contribution < -0.4 is 10.1 Å². The van der Waals surface area contributed by atoms with E-state index in [1.54, 1.807) is 18.9 Å². The van der Waals surface area contributed by atoms with Crippen molar-refractivity contribution in [3.8, 4) is 5.75 Å². The van der Waals surface area contributed by atoms with E-state index in [0.29, 0.717) is 23.5 Å². The van der Waals surface area contributed by atoms with E-state index in [2.05, 4.69) is 5.32 Å². The van der Waals surface area contributed by atoms with E-state index in [9.17, 15) is 14.7 Å². The molecule has 1 atom stereocenters. The molecular formula is C23H29NO5S. The summed E-state index contributed by atoms with van der Waals surface area (Å²) in [6.07, 6.45) is 7.96. The number of furan rings is 1. The smallest absolute Gasteiger partial charge is 0.326 e. The highest BCUT2D eigenvalue weighted by Crippen LogP contribution is 2.40. The Labute approximate surface area is 181 Å². The van der Waals surface area contributed by atoms with E-state index in [1.165, 1.54) is 11.6 Å². The van der Waals surface area contributed by atoms with Crippen LogP contribution in [0.4, 0.5) is 0 Å². The number of methoxy groups -OCH3 is 1. The lowest BCUT2D eigenvalue weighted by atomic mass is 9.93. The first kappa shape index (κ1) is 22.3. The van der Waals surface area contributed by atoms with Crippen LogP contribution in [0.25, 0.3) is 16.5 Å². The number of aryl methyl sites for hydroxylation is 3. The molecule has 2 aromatic rings. The van der Waals surface area contributed by atoms with Gasteiger partial charge in [0.05, 0.1) is 7.11 Å². The quantitative estimate of drug-likeness (QED) is 0.604. The van der Waals surface area contributed by atoms with Crippen LogP contribution in [0.1, 0.15) is 48.6 Å². The third-order valence-corrected chi connectivity index (χ3v) is 6.27. The lowest BCUT2D eigenvalue weighted by Crippen LogP contribution is -2.40. The first-order chi connectivity index (χ1) is 14.4. The Morgan fingerprint density at radius 2 is 2.10 bits per heavy atom. The molecule has 0 fully saturated rings. The average molecular weight is 432 g/mol. The van der Waals surface area contributed by atoms with E-state index < -0.39 is 17.9 Å². The van der Waals surface area contributed by atoms with Gasteiger partial charge in [0.1, 0.15) is 23.1 Å². The van der Waals surface area contributed by atoms with Crippen LogP contribution in [0.3, 0.4) is 0 Å². The molecule has 162 valence electrons. The van der Waals surface area contributed by atoms with Gasteiger partial charge in [-0.15, -0.1) is 0 Å². The van der Waals surface area contributed by atoms with Gasteiger partial charge in [0.15, 0.2) is 0 Å². The second-order valence-electron chi connectivity index (χ2n) is 7.68. The first-order valence-corrected chi connectivity index (χ1v) is 11.6. The van der Waals surface area contributed by atoms with E-state index in [4.69, 9.17) is 9.15 Å². The number of aliphatic carboxylic acids is 1. The van der Waals surface area contributed by atoms with Crippen molar-refractivity contribution in [1.29, 1.82) is 0 Å². The zero-order chi connectivity index (χ0) is 21.8. The summed E-state index contributed by atoms with van der Waals surface area (Å²) in [6.45, 7) is 3.81. The lowest BCUT2D eigenvalue weighted by molar-refractivity contribution is -0.141. The highest BCUT2D eigenvalue weighted by Gasteiger charge is 2.23. The van der Waals surface area contributed by atoms with E-state index in [0.717, 1.165) is 53.5 Å². The molecule has 0 saturated heterocycles. The van der Waals surface area contributed by atoms with Gasteiger partial charge in [-0.3, -0.25) is 4.79 Å². The number of carbonyl (C=O) groups excluding carboxylic acids is 1. The number of thioether (sulfide) groups is 1. The van der Waals surface area contributed by atoms with Crippen molar-refractivity contribution in [3.63, 3.8) is 0 Å². The highest BCUT2D eigenvalue weighted by atomic mass is 32.2. The number of fused-ring (bicyclic) bond motifs is 3. The van der Waals surface area contributed by atoms with Crippen LogP contribution in [-0.4, -0.2) is 42.1 Å². The van der Waals surface area contributed by atoms with Gasteiger partial charge < -0.3 is 19.6 Å². The molecule has 1 aromatic carbocycles. The van der Waals surface area contributed by atoms with E-state index in [-0.39, 0.29) is 0 Å². The van der Waals surface area contributed by atoms with Crippen molar-refractivity contribution in [2.75, 3.05) is 19.1 Å². The summed E-state index contributed by atoms with van der Waals surface area (Å²) in [6, 6.07) is 1.14. The molecule has 0 bridgehead atoms. The lowest BCUT2D eigenvalue weighted by Gasteiger charge is -2.15. The Morgan fingerprint density at radius 1 is 1.37 bits per heavy atom. The molecule has 30 heavy (non-hydrogen) atoms. The molecule has 0 spiro atoms. The first-order valence-electron chi connectivity index (χ1n) is 10.2. The fourth-order valence-electron chi connectivity index (χ4n) is 4.07. The van der Waals surface area contributed by atoms with Gasteiger partial charge in [-0.25, -0.2) is 4.79 Å². The van der Waals surface area contributed by atoms with Gasteiger partial charge in [0.25, 0.3) is 0 Å². The molecule has 1 aliphatic carbocycles. The molecular weight excluding hydrogens is 402 g/mol. The number of carbonyl (C=O) groups is 2. The molecule has 1 aliphatic rings. The number of hydrogen-bond donors (Lipinski definition) is 2. The summed E-state index contributed by atoms with van der Waals surface area (Å²) in [5.41, 5.74) is 4.55. The third kappa shape index (κ3) is 4.51. The molecule has 0 radical (unpaired) electrons. The van der Waals surface area contributed by atoms with Crippen LogP contribution in [-0.2, 0) is 22.4 Å². The SMILES string of the molecule is COc1c(/C(C)=C/C(=O)NC(CCSC)C(=O)O)cc2c3c(oc2c1C)CCCC3. The number of rotatable bonds is 8. The monoisotopic (exact) mass is 431 g/mol. The predicted octanol–water partition coefficient (Wildman–Crippen LogP) is 4.35. The van der Waals surface area contributed by atoms with Crippen molar-refractivity contribution >= 4 is 40.2 Å². The molecule has 0 aliphatic heterocycles. The van der Waals surface area contributed by atoms with Gasteiger partial charge in [-0.2, -0.15) is 11.8 Å². The molecule has 7 heteroatoms. The summed E-state index contributed by atoms with van der Waals surface area (Å²) >= 11 is 1.55. The fraction of sp³-hybridized carbons (Fsp3) is 0.478. The molecule has 1 unspecified atom stereocenters. The summed E-state index contributed by atoms with van der Waals surface area (Å²) in [4.78, 5) is 23.9. The van der Waals surface area contributed by atoms with Crippen LogP contribution in [0.2, 0.25) is 0 Å². The van der Waals surface area contributed by atoms with Crippen LogP contribution in [0.15, 0.2) is 16.6 Å². The predicted molar refractivity (Wildman–Crippen MR) is 120 cm³/mol.